The van der Waals surface area contributed by atoms with Crippen LogP contribution < -0.4 is 14.5 Å². The van der Waals surface area contributed by atoms with Crippen LogP contribution in [0.25, 0.3) is 0 Å². The van der Waals surface area contributed by atoms with Crippen molar-refractivity contribution in [2.24, 2.45) is 0 Å². The molecule has 7 heteroatoms. The van der Waals surface area contributed by atoms with Gasteiger partial charge in [0.2, 0.25) is 15.9 Å². The van der Waals surface area contributed by atoms with Gasteiger partial charge in [-0.1, -0.05) is 30.3 Å². The van der Waals surface area contributed by atoms with E-state index >= 15 is 0 Å². The number of sulfonamides is 1. The van der Waals surface area contributed by atoms with Crippen LogP contribution in [0.3, 0.4) is 0 Å². The summed E-state index contributed by atoms with van der Waals surface area (Å²) in [7, 11) is -3.58. The van der Waals surface area contributed by atoms with Gasteiger partial charge in [0, 0.05) is 18.8 Å². The third kappa shape index (κ3) is 5.29. The molecule has 1 N–H and O–H groups in total. The molecule has 1 aliphatic rings. The van der Waals surface area contributed by atoms with Gasteiger partial charge in [-0.2, -0.15) is 0 Å². The minimum Gasteiger partial charge on any atom is -0.372 e. The molecule has 29 heavy (non-hydrogen) atoms. The van der Waals surface area contributed by atoms with Crippen LogP contribution in [0.2, 0.25) is 0 Å². The number of benzene rings is 2. The van der Waals surface area contributed by atoms with Gasteiger partial charge in [0.25, 0.3) is 0 Å². The first kappa shape index (κ1) is 21.2. The summed E-state index contributed by atoms with van der Waals surface area (Å²) in [6, 6.07) is 15.1. The fourth-order valence-corrected chi connectivity index (χ4v) is 4.59. The van der Waals surface area contributed by atoms with E-state index in [9.17, 15) is 13.2 Å². The lowest BCUT2D eigenvalue weighted by Crippen LogP contribution is -2.41. The molecule has 3 rings (SSSR count). The van der Waals surface area contributed by atoms with Gasteiger partial charge in [-0.15, -0.1) is 0 Å². The molecule has 0 aromatic heterocycles. The Morgan fingerprint density at radius 1 is 1.10 bits per heavy atom. The molecule has 1 atom stereocenters. The van der Waals surface area contributed by atoms with Crippen molar-refractivity contribution >= 4 is 27.3 Å². The molecular formula is C22H29N3O3S. The Morgan fingerprint density at radius 2 is 1.72 bits per heavy atom. The summed E-state index contributed by atoms with van der Waals surface area (Å²) in [6.07, 6.45) is 3.57. The number of aryl methyl sites for hydroxylation is 1. The van der Waals surface area contributed by atoms with Gasteiger partial charge in [0.05, 0.1) is 18.0 Å². The zero-order valence-electron chi connectivity index (χ0n) is 17.3. The van der Waals surface area contributed by atoms with E-state index in [4.69, 9.17) is 0 Å². The molecule has 0 spiro atoms. The summed E-state index contributed by atoms with van der Waals surface area (Å²) >= 11 is 0. The number of hydrogen-bond acceptors (Lipinski definition) is 4. The lowest BCUT2D eigenvalue weighted by Gasteiger charge is -2.25. The second-order valence-corrected chi connectivity index (χ2v) is 9.54. The Hall–Kier alpha value is -2.54. The quantitative estimate of drug-likeness (QED) is 0.754. The average Bonchev–Trinajstić information content (AvgIpc) is 3.21. The van der Waals surface area contributed by atoms with E-state index in [2.05, 4.69) is 22.3 Å². The van der Waals surface area contributed by atoms with Crippen molar-refractivity contribution in [1.82, 2.24) is 5.32 Å². The van der Waals surface area contributed by atoms with E-state index in [1.54, 1.807) is 12.1 Å². The predicted molar refractivity (Wildman–Crippen MR) is 118 cm³/mol. The van der Waals surface area contributed by atoms with Gasteiger partial charge >= 0.3 is 0 Å². The maximum atomic E-state index is 12.6. The van der Waals surface area contributed by atoms with Crippen molar-refractivity contribution < 1.29 is 13.2 Å². The van der Waals surface area contributed by atoms with Gasteiger partial charge in [-0.05, 0) is 56.0 Å². The van der Waals surface area contributed by atoms with Crippen LogP contribution >= 0.6 is 0 Å². The van der Waals surface area contributed by atoms with E-state index in [0.29, 0.717) is 5.69 Å². The smallest absolute Gasteiger partial charge is 0.241 e. The zero-order chi connectivity index (χ0) is 21.0. The predicted octanol–water partition coefficient (Wildman–Crippen LogP) is 3.24. The normalized spacial score (nSPS) is 15.2. The number of nitrogens with zero attached hydrogens (tertiary/aromatic N) is 2. The molecule has 1 unspecified atom stereocenters. The molecule has 156 valence electrons. The number of rotatable bonds is 7. The number of para-hydroxylation sites is 1. The molecule has 0 aliphatic carbocycles. The molecule has 1 heterocycles. The Kier molecular flexibility index (Phi) is 6.47. The highest BCUT2D eigenvalue weighted by molar-refractivity contribution is 7.92. The molecule has 6 nitrogen and oxygen atoms in total. The van der Waals surface area contributed by atoms with E-state index in [1.165, 1.54) is 18.5 Å². The Balaban J connectivity index is 1.67. The number of amides is 1. The van der Waals surface area contributed by atoms with Crippen molar-refractivity contribution in [2.45, 2.75) is 32.7 Å². The Labute approximate surface area is 173 Å². The molecule has 0 radical (unpaired) electrons. The highest BCUT2D eigenvalue weighted by Crippen LogP contribution is 2.24. The number of carbonyl (C=O) groups excluding carboxylic acids is 1. The lowest BCUT2D eigenvalue weighted by molar-refractivity contribution is -0.120. The van der Waals surface area contributed by atoms with Gasteiger partial charge in [-0.25, -0.2) is 8.42 Å². The summed E-state index contributed by atoms with van der Waals surface area (Å²) in [4.78, 5) is 15.0. The molecule has 1 aliphatic heterocycles. The number of hydrogen-bond donors (Lipinski definition) is 1. The maximum Gasteiger partial charge on any atom is 0.241 e. The van der Waals surface area contributed by atoms with Gasteiger partial charge in [0.15, 0.2) is 0 Å². The first-order valence-electron chi connectivity index (χ1n) is 9.93. The van der Waals surface area contributed by atoms with Gasteiger partial charge in [0.1, 0.15) is 6.54 Å². The zero-order valence-corrected chi connectivity index (χ0v) is 18.1. The topological polar surface area (TPSA) is 69.7 Å². The molecule has 1 amide bonds. The fraction of sp³-hybridized carbons (Fsp3) is 0.409. The fourth-order valence-electron chi connectivity index (χ4n) is 3.67. The van der Waals surface area contributed by atoms with Crippen LogP contribution in [-0.4, -0.2) is 40.2 Å². The molecule has 2 aromatic carbocycles. The summed E-state index contributed by atoms with van der Waals surface area (Å²) < 4.78 is 25.7. The van der Waals surface area contributed by atoms with Gasteiger partial charge in [-0.3, -0.25) is 9.10 Å². The van der Waals surface area contributed by atoms with Crippen LogP contribution in [0.1, 0.15) is 36.9 Å². The van der Waals surface area contributed by atoms with E-state index in [1.807, 2.05) is 38.1 Å². The van der Waals surface area contributed by atoms with Gasteiger partial charge < -0.3 is 10.2 Å². The van der Waals surface area contributed by atoms with Crippen molar-refractivity contribution in [1.29, 1.82) is 0 Å². The number of anilines is 2. The van der Waals surface area contributed by atoms with E-state index < -0.39 is 10.0 Å². The van der Waals surface area contributed by atoms with Crippen molar-refractivity contribution in [3.05, 3.63) is 59.7 Å². The molecule has 0 bridgehead atoms. The first-order chi connectivity index (χ1) is 13.8. The second kappa shape index (κ2) is 8.86. The minimum absolute atomic E-state index is 0.214. The maximum absolute atomic E-state index is 12.6. The van der Waals surface area contributed by atoms with Crippen LogP contribution in [-0.2, 0) is 14.8 Å². The van der Waals surface area contributed by atoms with E-state index in [0.717, 1.165) is 34.8 Å². The number of nitrogens with one attached hydrogen (secondary N) is 1. The van der Waals surface area contributed by atoms with Crippen molar-refractivity contribution in [3.63, 3.8) is 0 Å². The lowest BCUT2D eigenvalue weighted by atomic mass is 10.1. The monoisotopic (exact) mass is 415 g/mol. The Bertz CT molecular complexity index is 952. The first-order valence-corrected chi connectivity index (χ1v) is 11.8. The molecule has 2 aromatic rings. The molecule has 1 saturated heterocycles. The summed E-state index contributed by atoms with van der Waals surface area (Å²) in [6.45, 7) is 5.66. The van der Waals surface area contributed by atoms with Crippen LogP contribution in [0.15, 0.2) is 48.5 Å². The number of carbonyl (C=O) groups is 1. The van der Waals surface area contributed by atoms with Crippen LogP contribution in [0.5, 0.6) is 0 Å². The standard InChI is InChI=1S/C22H29N3O3S/c1-17-8-4-5-9-21(17)25(29(3,27)28)16-22(26)23-18(2)19-10-12-20(13-11-19)24-14-6-7-15-24/h4-5,8-13,18H,6-7,14-16H2,1-3H3,(H,23,26). The summed E-state index contributed by atoms with van der Waals surface area (Å²) in [5.74, 6) is -0.338. The average molecular weight is 416 g/mol. The SMILES string of the molecule is Cc1ccccc1N(CC(=O)NC(C)c1ccc(N2CCCC2)cc1)S(C)(=O)=O. The third-order valence-corrected chi connectivity index (χ3v) is 6.44. The Morgan fingerprint density at radius 3 is 2.31 bits per heavy atom. The third-order valence-electron chi connectivity index (χ3n) is 5.31. The molecular weight excluding hydrogens is 386 g/mol. The highest BCUT2D eigenvalue weighted by Gasteiger charge is 2.23. The van der Waals surface area contributed by atoms with E-state index in [-0.39, 0.29) is 18.5 Å². The van der Waals surface area contributed by atoms with Crippen LogP contribution in [0, 0.1) is 6.92 Å². The second-order valence-electron chi connectivity index (χ2n) is 7.63. The van der Waals surface area contributed by atoms with Crippen molar-refractivity contribution in [3.8, 4) is 0 Å². The van der Waals surface area contributed by atoms with Crippen LogP contribution in [0.4, 0.5) is 11.4 Å². The molecule has 1 fully saturated rings. The summed E-state index contributed by atoms with van der Waals surface area (Å²) in [5.41, 5.74) is 3.51. The summed E-state index contributed by atoms with van der Waals surface area (Å²) in [5, 5.41) is 2.92. The largest absolute Gasteiger partial charge is 0.372 e. The van der Waals surface area contributed by atoms with Crippen molar-refractivity contribution in [2.75, 3.05) is 35.1 Å². The minimum atomic E-state index is -3.58. The highest BCUT2D eigenvalue weighted by atomic mass is 32.2. The molecule has 0 saturated carbocycles.